The number of rotatable bonds is 2. The summed E-state index contributed by atoms with van der Waals surface area (Å²) in [5.41, 5.74) is 7.79. The molecule has 1 unspecified atom stereocenters. The third-order valence-corrected chi connectivity index (χ3v) is 3.51. The number of nitrogens with two attached hydrogens (primary N) is 1. The zero-order valence-corrected chi connectivity index (χ0v) is 9.70. The van der Waals surface area contributed by atoms with E-state index in [0.717, 1.165) is 12.0 Å². The van der Waals surface area contributed by atoms with Crippen molar-refractivity contribution in [3.05, 3.63) is 35.4 Å². The molecule has 17 heavy (non-hydrogen) atoms. The van der Waals surface area contributed by atoms with Gasteiger partial charge in [0, 0.05) is 0 Å². The zero-order chi connectivity index (χ0) is 11.8. The molecule has 5 nitrogen and oxygen atoms in total. The summed E-state index contributed by atoms with van der Waals surface area (Å²) < 4.78 is 0. The molecule has 86 valence electrons. The van der Waals surface area contributed by atoms with Gasteiger partial charge in [0.15, 0.2) is 0 Å². The summed E-state index contributed by atoms with van der Waals surface area (Å²) in [5, 5.41) is 11.0. The molecule has 1 aliphatic carbocycles. The summed E-state index contributed by atoms with van der Waals surface area (Å²) >= 11 is 1.17. The van der Waals surface area contributed by atoms with Crippen LogP contribution in [0.15, 0.2) is 24.3 Å². The quantitative estimate of drug-likeness (QED) is 0.839. The number of anilines is 2. The van der Waals surface area contributed by atoms with Gasteiger partial charge in [-0.1, -0.05) is 35.6 Å². The molecule has 1 aromatic carbocycles. The molecule has 0 radical (unpaired) electrons. The smallest absolute Gasteiger partial charge is 0.234 e. The van der Waals surface area contributed by atoms with E-state index in [0.29, 0.717) is 10.3 Å². The fourth-order valence-corrected chi connectivity index (χ4v) is 2.48. The first-order valence-corrected chi connectivity index (χ1v) is 6.03. The Morgan fingerprint density at radius 2 is 2.24 bits per heavy atom. The number of benzene rings is 1. The molecule has 1 aliphatic rings. The molecule has 2 aromatic rings. The molecule has 0 saturated heterocycles. The monoisotopic (exact) mass is 246 g/mol. The first kappa shape index (κ1) is 10.2. The number of carbonyl (C=O) groups is 1. The Morgan fingerprint density at radius 1 is 1.41 bits per heavy atom. The van der Waals surface area contributed by atoms with E-state index in [1.807, 2.05) is 24.3 Å². The summed E-state index contributed by atoms with van der Waals surface area (Å²) in [6, 6.07) is 7.96. The highest BCUT2D eigenvalue weighted by atomic mass is 32.1. The van der Waals surface area contributed by atoms with Crippen molar-refractivity contribution < 1.29 is 4.79 Å². The lowest BCUT2D eigenvalue weighted by atomic mass is 9.77. The molecule has 1 atom stereocenters. The van der Waals surface area contributed by atoms with Crippen molar-refractivity contribution in [2.75, 3.05) is 11.1 Å². The standard InChI is InChI=1S/C11H10N4OS/c12-10-14-15-11(17-10)13-9(16)8-5-6-3-1-2-4-7(6)8/h1-4,8H,5H2,(H2,12,14)(H,13,15,16). The van der Waals surface area contributed by atoms with E-state index < -0.39 is 0 Å². The van der Waals surface area contributed by atoms with Crippen LogP contribution in [0.3, 0.4) is 0 Å². The van der Waals surface area contributed by atoms with E-state index in [1.54, 1.807) is 0 Å². The number of amides is 1. The Hall–Kier alpha value is -1.95. The predicted molar refractivity (Wildman–Crippen MR) is 65.8 cm³/mol. The number of hydrogen-bond acceptors (Lipinski definition) is 5. The second-order valence-corrected chi connectivity index (χ2v) is 4.90. The second kappa shape index (κ2) is 3.81. The van der Waals surface area contributed by atoms with Crippen molar-refractivity contribution in [3.8, 4) is 0 Å². The summed E-state index contributed by atoms with van der Waals surface area (Å²) in [6.07, 6.45) is 0.788. The van der Waals surface area contributed by atoms with E-state index in [9.17, 15) is 4.79 Å². The van der Waals surface area contributed by atoms with Gasteiger partial charge in [0.05, 0.1) is 5.92 Å². The van der Waals surface area contributed by atoms with Gasteiger partial charge in [-0.25, -0.2) is 0 Å². The molecular weight excluding hydrogens is 236 g/mol. The number of fused-ring (bicyclic) bond motifs is 1. The first-order valence-electron chi connectivity index (χ1n) is 5.21. The number of nitrogens with zero attached hydrogens (tertiary/aromatic N) is 2. The van der Waals surface area contributed by atoms with E-state index in [-0.39, 0.29) is 11.8 Å². The molecule has 3 N–H and O–H groups in total. The van der Waals surface area contributed by atoms with Crippen LogP contribution in [0.25, 0.3) is 0 Å². The van der Waals surface area contributed by atoms with Gasteiger partial charge in [0.1, 0.15) is 0 Å². The lowest BCUT2D eigenvalue weighted by Crippen LogP contribution is -2.30. The van der Waals surface area contributed by atoms with Crippen LogP contribution in [0.2, 0.25) is 0 Å². The Balaban J connectivity index is 1.73. The van der Waals surface area contributed by atoms with Gasteiger partial charge in [-0.15, -0.1) is 10.2 Å². The molecule has 3 rings (SSSR count). The van der Waals surface area contributed by atoms with Crippen LogP contribution < -0.4 is 11.1 Å². The van der Waals surface area contributed by atoms with Gasteiger partial charge in [0.2, 0.25) is 16.2 Å². The average Bonchev–Trinajstić information content (AvgIpc) is 2.66. The fourth-order valence-electron chi connectivity index (χ4n) is 1.97. The minimum absolute atomic E-state index is 0.0418. The summed E-state index contributed by atoms with van der Waals surface area (Å²) in [5.74, 6) is -0.115. The molecule has 0 saturated carbocycles. The molecule has 1 amide bonds. The number of aromatic nitrogens is 2. The highest BCUT2D eigenvalue weighted by Gasteiger charge is 2.32. The SMILES string of the molecule is Nc1nnc(NC(=O)C2Cc3ccccc32)s1. The molecule has 0 spiro atoms. The van der Waals surface area contributed by atoms with E-state index >= 15 is 0 Å². The Kier molecular flexibility index (Phi) is 2.29. The summed E-state index contributed by atoms with van der Waals surface area (Å²) in [6.45, 7) is 0. The minimum Gasteiger partial charge on any atom is -0.374 e. The van der Waals surface area contributed by atoms with Crippen LogP contribution in [0.5, 0.6) is 0 Å². The number of carbonyl (C=O) groups excluding carboxylic acids is 1. The zero-order valence-electron chi connectivity index (χ0n) is 8.88. The fraction of sp³-hybridized carbons (Fsp3) is 0.182. The van der Waals surface area contributed by atoms with Crippen LogP contribution in [0, 0.1) is 0 Å². The van der Waals surface area contributed by atoms with Gasteiger partial charge < -0.3 is 5.73 Å². The largest absolute Gasteiger partial charge is 0.374 e. The highest BCUT2D eigenvalue weighted by Crippen LogP contribution is 2.35. The number of nitrogens with one attached hydrogen (secondary N) is 1. The van der Waals surface area contributed by atoms with Crippen LogP contribution in [-0.4, -0.2) is 16.1 Å². The topological polar surface area (TPSA) is 80.9 Å². The Labute approximate surface area is 102 Å². The van der Waals surface area contributed by atoms with Crippen LogP contribution in [0.1, 0.15) is 17.0 Å². The second-order valence-electron chi connectivity index (χ2n) is 3.89. The molecule has 0 aliphatic heterocycles. The van der Waals surface area contributed by atoms with E-state index in [2.05, 4.69) is 15.5 Å². The molecule has 1 heterocycles. The van der Waals surface area contributed by atoms with Crippen LogP contribution in [0.4, 0.5) is 10.3 Å². The maximum absolute atomic E-state index is 12.0. The number of nitrogen functional groups attached to an aromatic ring is 1. The Morgan fingerprint density at radius 3 is 2.94 bits per heavy atom. The normalized spacial score (nSPS) is 17.1. The minimum atomic E-state index is -0.0728. The Bertz CT molecular complexity index is 580. The third kappa shape index (κ3) is 1.76. The predicted octanol–water partition coefficient (Wildman–Crippen LogP) is 1.40. The van der Waals surface area contributed by atoms with Crippen molar-refractivity contribution in [2.24, 2.45) is 0 Å². The molecule has 6 heteroatoms. The molecule has 0 fully saturated rings. The van der Waals surface area contributed by atoms with Crippen molar-refractivity contribution in [1.29, 1.82) is 0 Å². The van der Waals surface area contributed by atoms with Crippen LogP contribution in [-0.2, 0) is 11.2 Å². The van der Waals surface area contributed by atoms with Crippen molar-refractivity contribution in [2.45, 2.75) is 12.3 Å². The molecular formula is C11H10N4OS. The average molecular weight is 246 g/mol. The van der Waals surface area contributed by atoms with Crippen molar-refractivity contribution in [3.63, 3.8) is 0 Å². The van der Waals surface area contributed by atoms with Crippen LogP contribution >= 0.6 is 11.3 Å². The third-order valence-electron chi connectivity index (χ3n) is 2.84. The maximum atomic E-state index is 12.0. The number of hydrogen-bond donors (Lipinski definition) is 2. The lowest BCUT2D eigenvalue weighted by molar-refractivity contribution is -0.118. The van der Waals surface area contributed by atoms with Gasteiger partial charge in [0.25, 0.3) is 0 Å². The molecule has 1 aromatic heterocycles. The van der Waals surface area contributed by atoms with E-state index in [1.165, 1.54) is 16.9 Å². The van der Waals surface area contributed by atoms with Gasteiger partial charge in [-0.2, -0.15) is 0 Å². The van der Waals surface area contributed by atoms with Gasteiger partial charge >= 0.3 is 0 Å². The van der Waals surface area contributed by atoms with E-state index in [4.69, 9.17) is 5.73 Å². The summed E-state index contributed by atoms with van der Waals surface area (Å²) in [4.78, 5) is 12.0. The van der Waals surface area contributed by atoms with Crippen molar-refractivity contribution in [1.82, 2.24) is 10.2 Å². The summed E-state index contributed by atoms with van der Waals surface area (Å²) in [7, 11) is 0. The maximum Gasteiger partial charge on any atom is 0.234 e. The first-order chi connectivity index (χ1) is 8.24. The molecule has 0 bridgehead atoms. The van der Waals surface area contributed by atoms with Crippen molar-refractivity contribution >= 4 is 27.5 Å². The lowest BCUT2D eigenvalue weighted by Gasteiger charge is -2.28. The van der Waals surface area contributed by atoms with Gasteiger partial charge in [-0.3, -0.25) is 10.1 Å². The highest BCUT2D eigenvalue weighted by molar-refractivity contribution is 7.18. The van der Waals surface area contributed by atoms with Gasteiger partial charge in [-0.05, 0) is 17.5 Å².